The van der Waals surface area contributed by atoms with E-state index in [4.69, 9.17) is 16.6 Å². The highest BCUT2D eigenvalue weighted by atomic mass is 35.5. The fourth-order valence-electron chi connectivity index (χ4n) is 6.77. The number of imide groups is 1. The van der Waals surface area contributed by atoms with Crippen molar-refractivity contribution < 1.29 is 9.59 Å². The molecule has 1 spiro atoms. The number of hydrogen-bond acceptors (Lipinski definition) is 5. The molecule has 1 aromatic heterocycles. The van der Waals surface area contributed by atoms with E-state index in [0.29, 0.717) is 39.5 Å². The van der Waals surface area contributed by atoms with Gasteiger partial charge in [-0.1, -0.05) is 55.8 Å². The van der Waals surface area contributed by atoms with Gasteiger partial charge in [0, 0.05) is 16.6 Å². The van der Waals surface area contributed by atoms with Crippen molar-refractivity contribution in [3.05, 3.63) is 99.6 Å². The van der Waals surface area contributed by atoms with Crippen molar-refractivity contribution >= 4 is 40.0 Å². The summed E-state index contributed by atoms with van der Waals surface area (Å²) in [4.78, 5) is 48.6. The largest absolute Gasteiger partial charge is 0.297 e. The first-order valence-electron chi connectivity index (χ1n) is 12.9. The lowest BCUT2D eigenvalue weighted by Crippen LogP contribution is -2.50. The summed E-state index contributed by atoms with van der Waals surface area (Å²) in [6.45, 7) is 4.21. The average molecular weight is 525 g/mol. The SMILES string of the molecule is CC(C)C[C@@H]1N[C@]2(c3ccccc3-n3c2nc2ccccc2c3=O)[C@H]2C(=O)N(c3ccc(Cl)cc3)C(=O)[C@@H]12. The molecular weight excluding hydrogens is 500 g/mol. The average Bonchev–Trinajstić information content (AvgIpc) is 3.48. The predicted molar refractivity (Wildman–Crippen MR) is 145 cm³/mol. The molecule has 38 heavy (non-hydrogen) atoms. The highest BCUT2D eigenvalue weighted by molar-refractivity contribution is 6.31. The van der Waals surface area contributed by atoms with Crippen molar-refractivity contribution in [2.45, 2.75) is 31.8 Å². The highest BCUT2D eigenvalue weighted by Crippen LogP contribution is 2.56. The molecule has 190 valence electrons. The van der Waals surface area contributed by atoms with Gasteiger partial charge < -0.3 is 0 Å². The zero-order chi connectivity index (χ0) is 26.3. The molecule has 7 rings (SSSR count). The van der Waals surface area contributed by atoms with Crippen LogP contribution in [-0.4, -0.2) is 27.4 Å². The Morgan fingerprint density at radius 2 is 1.66 bits per heavy atom. The van der Waals surface area contributed by atoms with Crippen LogP contribution in [0.25, 0.3) is 16.6 Å². The third-order valence-corrected chi connectivity index (χ3v) is 8.42. The van der Waals surface area contributed by atoms with Crippen LogP contribution in [0.4, 0.5) is 5.69 Å². The summed E-state index contributed by atoms with van der Waals surface area (Å²) < 4.78 is 1.63. The van der Waals surface area contributed by atoms with Gasteiger partial charge in [0.1, 0.15) is 11.4 Å². The van der Waals surface area contributed by atoms with Gasteiger partial charge in [-0.25, -0.2) is 9.88 Å². The number of para-hydroxylation sites is 2. The summed E-state index contributed by atoms with van der Waals surface area (Å²) in [5, 5.41) is 4.77. The van der Waals surface area contributed by atoms with Crippen LogP contribution in [0.15, 0.2) is 77.6 Å². The van der Waals surface area contributed by atoms with Crippen LogP contribution in [0, 0.1) is 17.8 Å². The number of amides is 2. The number of rotatable bonds is 3. The van der Waals surface area contributed by atoms with Gasteiger partial charge in [-0.2, -0.15) is 0 Å². The molecule has 3 aliphatic heterocycles. The molecule has 1 N–H and O–H groups in total. The normalized spacial score (nSPS) is 25.5. The number of aromatic nitrogens is 2. The Labute approximate surface area is 224 Å². The van der Waals surface area contributed by atoms with E-state index in [-0.39, 0.29) is 29.3 Å². The molecule has 2 fully saturated rings. The third kappa shape index (κ3) is 2.94. The van der Waals surface area contributed by atoms with E-state index in [1.165, 1.54) is 4.90 Å². The first kappa shape index (κ1) is 23.3. The maximum Gasteiger partial charge on any atom is 0.266 e. The van der Waals surface area contributed by atoms with Gasteiger partial charge in [-0.15, -0.1) is 0 Å². The lowest BCUT2D eigenvalue weighted by molar-refractivity contribution is -0.123. The first-order valence-corrected chi connectivity index (χ1v) is 13.2. The zero-order valence-electron chi connectivity index (χ0n) is 20.9. The van der Waals surface area contributed by atoms with Crippen LogP contribution in [0.2, 0.25) is 5.02 Å². The number of nitrogens with zero attached hydrogens (tertiary/aromatic N) is 3. The van der Waals surface area contributed by atoms with Gasteiger partial charge in [0.05, 0.1) is 34.1 Å². The van der Waals surface area contributed by atoms with E-state index >= 15 is 0 Å². The maximum absolute atomic E-state index is 14.4. The Morgan fingerprint density at radius 1 is 0.947 bits per heavy atom. The molecule has 3 aromatic carbocycles. The minimum Gasteiger partial charge on any atom is -0.297 e. The van der Waals surface area contributed by atoms with Gasteiger partial charge in [0.15, 0.2) is 0 Å². The Bertz CT molecular complexity index is 1710. The van der Waals surface area contributed by atoms with Crippen molar-refractivity contribution in [3.8, 4) is 5.69 Å². The molecule has 8 heteroatoms. The molecule has 4 aromatic rings. The summed E-state index contributed by atoms with van der Waals surface area (Å²) in [5.41, 5.74) is 1.22. The molecule has 0 aliphatic carbocycles. The van der Waals surface area contributed by atoms with E-state index in [0.717, 1.165) is 5.56 Å². The molecule has 0 saturated carbocycles. The molecule has 2 saturated heterocycles. The minimum atomic E-state index is -1.13. The Morgan fingerprint density at radius 3 is 2.42 bits per heavy atom. The van der Waals surface area contributed by atoms with E-state index in [2.05, 4.69) is 19.2 Å². The van der Waals surface area contributed by atoms with Crippen LogP contribution >= 0.6 is 11.6 Å². The standard InChI is InChI=1S/C30H25ClN4O3/c1-16(2)15-22-24-25(28(38)34(27(24)37)18-13-11-17(31)12-14-18)30(33-22)20-8-4-6-10-23(20)35-26(36)19-7-3-5-9-21(19)32-29(30)35/h3-14,16,22,24-25,33H,15H2,1-2H3/t22-,24-,25+,30+/m0/s1. The predicted octanol–water partition coefficient (Wildman–Crippen LogP) is 4.42. The fourth-order valence-corrected chi connectivity index (χ4v) is 6.90. The van der Waals surface area contributed by atoms with Crippen LogP contribution in [-0.2, 0) is 15.1 Å². The van der Waals surface area contributed by atoms with Crippen molar-refractivity contribution in [3.63, 3.8) is 0 Å². The Hall–Kier alpha value is -3.81. The second kappa shape index (κ2) is 8.09. The molecule has 7 nitrogen and oxygen atoms in total. The number of carbonyl (C=O) groups excluding carboxylic acids is 2. The summed E-state index contributed by atoms with van der Waals surface area (Å²) in [5.74, 6) is -1.17. The highest BCUT2D eigenvalue weighted by Gasteiger charge is 2.69. The lowest BCUT2D eigenvalue weighted by Gasteiger charge is -2.32. The molecular formula is C30H25ClN4O3. The lowest BCUT2D eigenvalue weighted by atomic mass is 9.75. The molecule has 4 heterocycles. The van der Waals surface area contributed by atoms with Gasteiger partial charge in [0.2, 0.25) is 11.8 Å². The van der Waals surface area contributed by atoms with E-state index < -0.39 is 17.4 Å². The topological polar surface area (TPSA) is 84.3 Å². The Kier molecular flexibility index (Phi) is 4.97. The first-order chi connectivity index (χ1) is 18.3. The van der Waals surface area contributed by atoms with Crippen LogP contribution < -0.4 is 15.8 Å². The van der Waals surface area contributed by atoms with Gasteiger partial charge in [-0.3, -0.25) is 24.3 Å². The van der Waals surface area contributed by atoms with Crippen molar-refractivity contribution in [2.24, 2.45) is 17.8 Å². The summed E-state index contributed by atoms with van der Waals surface area (Å²) in [6, 6.07) is 21.3. The second-order valence-electron chi connectivity index (χ2n) is 10.8. The number of halogens is 1. The monoisotopic (exact) mass is 524 g/mol. The van der Waals surface area contributed by atoms with Crippen LogP contribution in [0.3, 0.4) is 0 Å². The van der Waals surface area contributed by atoms with Crippen molar-refractivity contribution in [1.29, 1.82) is 0 Å². The zero-order valence-corrected chi connectivity index (χ0v) is 21.6. The van der Waals surface area contributed by atoms with E-state index in [1.807, 2.05) is 42.5 Å². The molecule has 4 atom stereocenters. The summed E-state index contributed by atoms with van der Waals surface area (Å²) in [7, 11) is 0. The maximum atomic E-state index is 14.4. The molecule has 3 aliphatic rings. The van der Waals surface area contributed by atoms with Gasteiger partial charge in [0.25, 0.3) is 5.56 Å². The Balaban J connectivity index is 1.52. The summed E-state index contributed by atoms with van der Waals surface area (Å²) >= 11 is 6.10. The number of anilines is 1. The molecule has 0 radical (unpaired) electrons. The number of benzene rings is 3. The number of fused-ring (bicyclic) bond motifs is 8. The van der Waals surface area contributed by atoms with Crippen LogP contribution in [0.5, 0.6) is 0 Å². The molecule has 0 bridgehead atoms. The van der Waals surface area contributed by atoms with E-state index in [9.17, 15) is 14.4 Å². The fraction of sp³-hybridized carbons (Fsp3) is 0.267. The number of nitrogens with one attached hydrogen (secondary N) is 1. The number of hydrogen-bond donors (Lipinski definition) is 1. The summed E-state index contributed by atoms with van der Waals surface area (Å²) in [6.07, 6.45) is 0.691. The molecule has 2 amide bonds. The minimum absolute atomic E-state index is 0.188. The second-order valence-corrected chi connectivity index (χ2v) is 11.2. The van der Waals surface area contributed by atoms with Crippen molar-refractivity contribution in [1.82, 2.24) is 14.9 Å². The van der Waals surface area contributed by atoms with E-state index in [1.54, 1.807) is 34.9 Å². The smallest absolute Gasteiger partial charge is 0.266 e. The van der Waals surface area contributed by atoms with Crippen molar-refractivity contribution in [2.75, 3.05) is 4.90 Å². The quantitative estimate of drug-likeness (QED) is 0.401. The third-order valence-electron chi connectivity index (χ3n) is 8.17. The van der Waals surface area contributed by atoms with Gasteiger partial charge in [-0.05, 0) is 54.8 Å². The number of carbonyl (C=O) groups is 2. The van der Waals surface area contributed by atoms with Gasteiger partial charge >= 0.3 is 0 Å². The van der Waals surface area contributed by atoms with Crippen LogP contribution in [0.1, 0.15) is 31.7 Å². The molecule has 0 unspecified atom stereocenters.